The van der Waals surface area contributed by atoms with Crippen LogP contribution in [0.4, 0.5) is 11.5 Å². The Morgan fingerprint density at radius 2 is 2.00 bits per heavy atom. The zero-order valence-electron chi connectivity index (χ0n) is 11.7. The highest BCUT2D eigenvalue weighted by Gasteiger charge is 2.09. The van der Waals surface area contributed by atoms with E-state index in [9.17, 15) is 0 Å². The summed E-state index contributed by atoms with van der Waals surface area (Å²) in [5.74, 6) is 1.60. The van der Waals surface area contributed by atoms with E-state index < -0.39 is 0 Å². The molecular formula is C14H17N5O. The predicted octanol–water partition coefficient (Wildman–Crippen LogP) is 1.96. The second kappa shape index (κ2) is 5.56. The van der Waals surface area contributed by atoms with E-state index in [1.54, 1.807) is 6.07 Å². The average Bonchev–Trinajstić information content (AvgIpc) is 2.44. The Labute approximate surface area is 117 Å². The van der Waals surface area contributed by atoms with Gasteiger partial charge in [-0.05, 0) is 26.0 Å². The maximum absolute atomic E-state index is 8.74. The van der Waals surface area contributed by atoms with Gasteiger partial charge in [0.1, 0.15) is 11.6 Å². The first-order valence-electron chi connectivity index (χ1n) is 6.15. The molecule has 0 saturated heterocycles. The van der Waals surface area contributed by atoms with Crippen LogP contribution in [-0.2, 0) is 0 Å². The van der Waals surface area contributed by atoms with Crippen molar-refractivity contribution in [3.05, 3.63) is 47.4 Å². The number of nitrogens with zero attached hydrogens (tertiary/aromatic N) is 4. The van der Waals surface area contributed by atoms with Gasteiger partial charge in [0.2, 0.25) is 0 Å². The van der Waals surface area contributed by atoms with Gasteiger partial charge in [0.15, 0.2) is 5.84 Å². The Bertz CT molecular complexity index is 634. The maximum Gasteiger partial charge on any atom is 0.170 e. The van der Waals surface area contributed by atoms with Crippen LogP contribution in [0.25, 0.3) is 0 Å². The molecule has 2 rings (SSSR count). The number of benzene rings is 1. The second-order valence-corrected chi connectivity index (χ2v) is 4.51. The SMILES string of the molecule is Cc1cc(N(C)c2cccc(C(N)=NO)c2)nc(C)n1. The highest BCUT2D eigenvalue weighted by Crippen LogP contribution is 2.23. The summed E-state index contributed by atoms with van der Waals surface area (Å²) in [7, 11) is 1.91. The molecule has 0 unspecified atom stereocenters. The molecular weight excluding hydrogens is 254 g/mol. The smallest absolute Gasteiger partial charge is 0.170 e. The minimum absolute atomic E-state index is 0.0790. The first kappa shape index (κ1) is 13.8. The number of oxime groups is 1. The van der Waals surface area contributed by atoms with Crippen molar-refractivity contribution in [1.82, 2.24) is 9.97 Å². The summed E-state index contributed by atoms with van der Waals surface area (Å²) >= 11 is 0. The summed E-state index contributed by atoms with van der Waals surface area (Å²) in [6.45, 7) is 3.79. The Balaban J connectivity index is 2.40. The highest BCUT2D eigenvalue weighted by atomic mass is 16.4. The fourth-order valence-electron chi connectivity index (χ4n) is 1.93. The third kappa shape index (κ3) is 2.85. The lowest BCUT2D eigenvalue weighted by molar-refractivity contribution is 0.318. The lowest BCUT2D eigenvalue weighted by atomic mass is 10.1. The van der Waals surface area contributed by atoms with Crippen LogP contribution in [0.2, 0.25) is 0 Å². The van der Waals surface area contributed by atoms with Crippen LogP contribution in [0.15, 0.2) is 35.5 Å². The lowest BCUT2D eigenvalue weighted by Crippen LogP contribution is -2.16. The van der Waals surface area contributed by atoms with E-state index in [0.717, 1.165) is 23.0 Å². The molecule has 0 aliphatic rings. The molecule has 6 nitrogen and oxygen atoms in total. The van der Waals surface area contributed by atoms with Crippen LogP contribution in [-0.4, -0.2) is 28.1 Å². The largest absolute Gasteiger partial charge is 0.409 e. The summed E-state index contributed by atoms with van der Waals surface area (Å²) in [6, 6.07) is 9.30. The number of anilines is 2. The van der Waals surface area contributed by atoms with Gasteiger partial charge >= 0.3 is 0 Å². The molecule has 1 aromatic heterocycles. The molecule has 0 bridgehead atoms. The van der Waals surface area contributed by atoms with Gasteiger partial charge in [-0.15, -0.1) is 0 Å². The third-order valence-electron chi connectivity index (χ3n) is 2.93. The molecule has 0 aliphatic carbocycles. The van der Waals surface area contributed by atoms with E-state index in [1.165, 1.54) is 0 Å². The van der Waals surface area contributed by atoms with E-state index in [1.807, 2.05) is 50.1 Å². The standard InChI is InChI=1S/C14H17N5O/c1-9-7-13(17-10(2)16-9)19(3)12-6-4-5-11(8-12)14(15)18-20/h4-8,20H,1-3H3,(H2,15,18). The second-order valence-electron chi connectivity index (χ2n) is 4.51. The van der Waals surface area contributed by atoms with Crippen molar-refractivity contribution in [3.63, 3.8) is 0 Å². The van der Waals surface area contributed by atoms with Crippen LogP contribution in [0.5, 0.6) is 0 Å². The quantitative estimate of drug-likeness (QED) is 0.385. The fraction of sp³-hybridized carbons (Fsp3) is 0.214. The molecule has 0 aliphatic heterocycles. The van der Waals surface area contributed by atoms with E-state index >= 15 is 0 Å². The van der Waals surface area contributed by atoms with Crippen molar-refractivity contribution in [2.24, 2.45) is 10.9 Å². The van der Waals surface area contributed by atoms with Gasteiger partial charge in [-0.1, -0.05) is 17.3 Å². The summed E-state index contributed by atoms with van der Waals surface area (Å²) in [5.41, 5.74) is 8.06. The zero-order chi connectivity index (χ0) is 14.7. The molecule has 1 aromatic carbocycles. The Morgan fingerprint density at radius 1 is 1.25 bits per heavy atom. The van der Waals surface area contributed by atoms with Gasteiger partial charge in [-0.2, -0.15) is 0 Å². The monoisotopic (exact) mass is 271 g/mol. The predicted molar refractivity (Wildman–Crippen MR) is 78.5 cm³/mol. The Kier molecular flexibility index (Phi) is 3.84. The van der Waals surface area contributed by atoms with E-state index in [4.69, 9.17) is 10.9 Å². The van der Waals surface area contributed by atoms with Crippen molar-refractivity contribution >= 4 is 17.3 Å². The van der Waals surface area contributed by atoms with Crippen molar-refractivity contribution in [1.29, 1.82) is 0 Å². The number of hydrogen-bond donors (Lipinski definition) is 2. The van der Waals surface area contributed by atoms with Gasteiger partial charge in [-0.3, -0.25) is 0 Å². The van der Waals surface area contributed by atoms with Crippen molar-refractivity contribution in [2.75, 3.05) is 11.9 Å². The van der Waals surface area contributed by atoms with Crippen molar-refractivity contribution in [2.45, 2.75) is 13.8 Å². The summed E-state index contributed by atoms with van der Waals surface area (Å²) < 4.78 is 0. The van der Waals surface area contributed by atoms with Crippen LogP contribution in [0, 0.1) is 13.8 Å². The molecule has 0 radical (unpaired) electrons. The minimum atomic E-state index is 0.0790. The fourth-order valence-corrected chi connectivity index (χ4v) is 1.93. The molecule has 6 heteroatoms. The van der Waals surface area contributed by atoms with Crippen molar-refractivity contribution < 1.29 is 5.21 Å². The molecule has 0 saturated carbocycles. The number of hydrogen-bond acceptors (Lipinski definition) is 5. The summed E-state index contributed by atoms with van der Waals surface area (Å²) in [5, 5.41) is 11.7. The van der Waals surface area contributed by atoms with E-state index in [-0.39, 0.29) is 5.84 Å². The lowest BCUT2D eigenvalue weighted by Gasteiger charge is -2.19. The first-order valence-corrected chi connectivity index (χ1v) is 6.15. The minimum Gasteiger partial charge on any atom is -0.409 e. The number of amidine groups is 1. The van der Waals surface area contributed by atoms with Crippen LogP contribution >= 0.6 is 0 Å². The molecule has 1 heterocycles. The molecule has 3 N–H and O–H groups in total. The molecule has 0 spiro atoms. The van der Waals surface area contributed by atoms with Crippen molar-refractivity contribution in [3.8, 4) is 0 Å². The zero-order valence-corrected chi connectivity index (χ0v) is 11.7. The average molecular weight is 271 g/mol. The molecule has 20 heavy (non-hydrogen) atoms. The van der Waals surface area contributed by atoms with E-state index in [2.05, 4.69) is 15.1 Å². The number of rotatable bonds is 3. The molecule has 0 atom stereocenters. The molecule has 0 fully saturated rings. The number of nitrogens with two attached hydrogens (primary N) is 1. The normalized spacial score (nSPS) is 11.4. The summed E-state index contributed by atoms with van der Waals surface area (Å²) in [4.78, 5) is 10.6. The molecule has 104 valence electrons. The van der Waals surface area contributed by atoms with Gasteiger partial charge in [-0.25, -0.2) is 9.97 Å². The highest BCUT2D eigenvalue weighted by molar-refractivity contribution is 5.97. The topological polar surface area (TPSA) is 87.6 Å². The maximum atomic E-state index is 8.74. The number of aryl methyl sites for hydroxylation is 2. The van der Waals surface area contributed by atoms with Gasteiger partial charge in [0.25, 0.3) is 0 Å². The first-order chi connectivity index (χ1) is 9.51. The summed E-state index contributed by atoms with van der Waals surface area (Å²) in [6.07, 6.45) is 0. The van der Waals surface area contributed by atoms with Crippen LogP contribution < -0.4 is 10.6 Å². The van der Waals surface area contributed by atoms with Gasteiger partial charge in [0, 0.05) is 30.1 Å². The molecule has 2 aromatic rings. The third-order valence-corrected chi connectivity index (χ3v) is 2.93. The van der Waals surface area contributed by atoms with E-state index in [0.29, 0.717) is 5.56 Å². The van der Waals surface area contributed by atoms with Gasteiger partial charge < -0.3 is 15.8 Å². The van der Waals surface area contributed by atoms with Crippen LogP contribution in [0.3, 0.4) is 0 Å². The number of aromatic nitrogens is 2. The molecule has 0 amide bonds. The van der Waals surface area contributed by atoms with Crippen LogP contribution in [0.1, 0.15) is 17.1 Å². The van der Waals surface area contributed by atoms with Gasteiger partial charge in [0.05, 0.1) is 0 Å². The Hall–Kier alpha value is -2.63. The Morgan fingerprint density at radius 3 is 2.65 bits per heavy atom.